The van der Waals surface area contributed by atoms with Crippen LogP contribution in [0.1, 0.15) is 19.0 Å². The van der Waals surface area contributed by atoms with Crippen LogP contribution in [0.3, 0.4) is 0 Å². The van der Waals surface area contributed by atoms with Gasteiger partial charge in [-0.25, -0.2) is 9.97 Å². The van der Waals surface area contributed by atoms with Gasteiger partial charge in [-0.05, 0) is 46.9 Å². The lowest BCUT2D eigenvalue weighted by Crippen LogP contribution is -2.08. The Kier molecular flexibility index (Phi) is 5.07. The molecule has 4 aromatic carbocycles. The summed E-state index contributed by atoms with van der Waals surface area (Å²) < 4.78 is 2.17. The molecule has 0 aliphatic heterocycles. The van der Waals surface area contributed by atoms with E-state index in [0.717, 1.165) is 61.6 Å². The Hall–Kier alpha value is -4.44. The Morgan fingerprint density at radius 3 is 2.24 bits per heavy atom. The molecule has 2 aromatic heterocycles. The van der Waals surface area contributed by atoms with Crippen LogP contribution in [-0.2, 0) is 0 Å². The van der Waals surface area contributed by atoms with Gasteiger partial charge >= 0.3 is 0 Å². The van der Waals surface area contributed by atoms with Crippen molar-refractivity contribution < 1.29 is 0 Å². The SMILES string of the molecule is [B]c1cc2c(c3ccccc13)c1ccccc1n2-c1nc(C2=CCC(C)C=C2)cc(-c2ccccc2)n1. The molecule has 1 aliphatic rings. The average Bonchev–Trinajstić information content (AvgIpc) is 3.28. The molecule has 0 saturated carbocycles. The van der Waals surface area contributed by atoms with E-state index >= 15 is 0 Å². The maximum atomic E-state index is 6.60. The van der Waals surface area contributed by atoms with Crippen molar-refractivity contribution in [2.45, 2.75) is 13.3 Å². The minimum atomic E-state index is 0.534. The summed E-state index contributed by atoms with van der Waals surface area (Å²) in [5.41, 5.74) is 6.83. The summed E-state index contributed by atoms with van der Waals surface area (Å²) in [7, 11) is 6.60. The molecule has 0 amide bonds. The number of fused-ring (bicyclic) bond motifs is 5. The van der Waals surface area contributed by atoms with Gasteiger partial charge in [-0.1, -0.05) is 103 Å². The number of allylic oxidation sites excluding steroid dienone is 4. The smallest absolute Gasteiger partial charge is 0.235 e. The summed E-state index contributed by atoms with van der Waals surface area (Å²) in [6, 6.07) is 31.3. The topological polar surface area (TPSA) is 30.7 Å². The Balaban J connectivity index is 1.58. The number of hydrogen-bond donors (Lipinski definition) is 0. The van der Waals surface area contributed by atoms with Crippen LogP contribution in [-0.4, -0.2) is 22.4 Å². The fourth-order valence-corrected chi connectivity index (χ4v) is 5.43. The van der Waals surface area contributed by atoms with Crippen LogP contribution in [0.2, 0.25) is 0 Å². The van der Waals surface area contributed by atoms with Crippen LogP contribution < -0.4 is 5.46 Å². The first kappa shape index (κ1) is 21.8. The summed E-state index contributed by atoms with van der Waals surface area (Å²) in [6.45, 7) is 2.23. The van der Waals surface area contributed by atoms with Crippen LogP contribution in [0.25, 0.3) is 55.4 Å². The zero-order valence-corrected chi connectivity index (χ0v) is 20.6. The monoisotopic (exact) mass is 473 g/mol. The van der Waals surface area contributed by atoms with E-state index in [4.69, 9.17) is 17.8 Å². The van der Waals surface area contributed by atoms with Crippen LogP contribution >= 0.6 is 0 Å². The normalized spacial score (nSPS) is 15.5. The predicted octanol–water partition coefficient (Wildman–Crippen LogP) is 7.17. The van der Waals surface area contributed by atoms with Gasteiger partial charge in [0.25, 0.3) is 0 Å². The first-order chi connectivity index (χ1) is 18.2. The van der Waals surface area contributed by atoms with E-state index in [1.807, 2.05) is 24.3 Å². The summed E-state index contributed by atoms with van der Waals surface area (Å²) in [5, 5.41) is 4.53. The van der Waals surface area contributed by atoms with Crippen LogP contribution in [0.15, 0.2) is 109 Å². The van der Waals surface area contributed by atoms with E-state index in [2.05, 4.69) is 96.4 Å². The van der Waals surface area contributed by atoms with Gasteiger partial charge in [0.05, 0.1) is 22.4 Å². The van der Waals surface area contributed by atoms with Gasteiger partial charge in [0.1, 0.15) is 7.85 Å². The van der Waals surface area contributed by atoms with Gasteiger partial charge in [0.2, 0.25) is 5.95 Å². The molecule has 1 aliphatic carbocycles. The number of para-hydroxylation sites is 1. The molecule has 1 atom stereocenters. The Morgan fingerprint density at radius 1 is 0.757 bits per heavy atom. The predicted molar refractivity (Wildman–Crippen MR) is 156 cm³/mol. The summed E-state index contributed by atoms with van der Waals surface area (Å²) in [5.74, 6) is 1.18. The maximum absolute atomic E-state index is 6.60. The highest BCUT2D eigenvalue weighted by Crippen LogP contribution is 2.36. The fraction of sp³-hybridized carbons (Fsp3) is 0.0909. The first-order valence-corrected chi connectivity index (χ1v) is 12.7. The number of benzene rings is 4. The summed E-state index contributed by atoms with van der Waals surface area (Å²) in [6.07, 6.45) is 7.73. The molecule has 3 nitrogen and oxygen atoms in total. The second-order valence-electron chi connectivity index (χ2n) is 9.79. The van der Waals surface area contributed by atoms with Crippen molar-refractivity contribution in [2.24, 2.45) is 5.92 Å². The fourth-order valence-electron chi connectivity index (χ4n) is 5.43. The average molecular weight is 473 g/mol. The molecule has 2 heterocycles. The third kappa shape index (κ3) is 3.60. The second kappa shape index (κ2) is 8.60. The van der Waals surface area contributed by atoms with Gasteiger partial charge < -0.3 is 0 Å². The molecule has 1 unspecified atom stereocenters. The standard InChI is InChI=1S/C33H24BN3/c1-21-15-17-23(18-16-21)29-20-28(22-9-3-2-4-10-22)35-33(36-29)37-30-14-8-7-13-26(30)32-25-12-6-5-11-24(25)27(34)19-31(32)37/h2-15,17-21H,16H2,1H3. The highest BCUT2D eigenvalue weighted by Gasteiger charge is 2.19. The van der Waals surface area contributed by atoms with Crippen molar-refractivity contribution in [2.75, 3.05) is 0 Å². The van der Waals surface area contributed by atoms with Crippen LogP contribution in [0.5, 0.6) is 0 Å². The lowest BCUT2D eigenvalue weighted by molar-refractivity contribution is 0.738. The summed E-state index contributed by atoms with van der Waals surface area (Å²) >= 11 is 0. The molecule has 2 radical (unpaired) electrons. The van der Waals surface area contributed by atoms with Crippen molar-refractivity contribution in [1.82, 2.24) is 14.5 Å². The highest BCUT2D eigenvalue weighted by molar-refractivity contribution is 6.42. The number of rotatable bonds is 3. The van der Waals surface area contributed by atoms with Gasteiger partial charge in [0, 0.05) is 16.3 Å². The van der Waals surface area contributed by atoms with Crippen LogP contribution in [0.4, 0.5) is 0 Å². The largest absolute Gasteiger partial charge is 0.278 e. The number of aromatic nitrogens is 3. The van der Waals surface area contributed by atoms with E-state index in [9.17, 15) is 0 Å². The molecule has 0 spiro atoms. The molecule has 4 heteroatoms. The maximum Gasteiger partial charge on any atom is 0.235 e. The molecule has 0 N–H and O–H groups in total. The third-order valence-electron chi connectivity index (χ3n) is 7.30. The second-order valence-corrected chi connectivity index (χ2v) is 9.79. The molecule has 6 aromatic rings. The van der Waals surface area contributed by atoms with Crippen molar-refractivity contribution in [1.29, 1.82) is 0 Å². The van der Waals surface area contributed by atoms with E-state index in [-0.39, 0.29) is 0 Å². The summed E-state index contributed by atoms with van der Waals surface area (Å²) in [4.78, 5) is 10.3. The highest BCUT2D eigenvalue weighted by atomic mass is 15.2. The third-order valence-corrected chi connectivity index (χ3v) is 7.30. The van der Waals surface area contributed by atoms with Crippen molar-refractivity contribution in [3.05, 3.63) is 115 Å². The van der Waals surface area contributed by atoms with E-state index in [1.165, 1.54) is 5.39 Å². The molecule has 0 fully saturated rings. The molecular formula is C33H24BN3. The van der Waals surface area contributed by atoms with Gasteiger partial charge in [-0.2, -0.15) is 0 Å². The Bertz CT molecular complexity index is 1880. The minimum absolute atomic E-state index is 0.534. The first-order valence-electron chi connectivity index (χ1n) is 12.7. The molecule has 0 saturated heterocycles. The number of hydrogen-bond acceptors (Lipinski definition) is 2. The zero-order valence-electron chi connectivity index (χ0n) is 20.6. The molecule has 174 valence electrons. The van der Waals surface area contributed by atoms with Gasteiger partial charge in [-0.3, -0.25) is 4.57 Å². The quantitative estimate of drug-likeness (QED) is 0.255. The lowest BCUT2D eigenvalue weighted by Gasteiger charge is -2.15. The molecule has 7 rings (SSSR count). The van der Waals surface area contributed by atoms with Gasteiger partial charge in [0.15, 0.2) is 0 Å². The van der Waals surface area contributed by atoms with Gasteiger partial charge in [-0.15, -0.1) is 0 Å². The minimum Gasteiger partial charge on any atom is -0.278 e. The zero-order chi connectivity index (χ0) is 24.9. The van der Waals surface area contributed by atoms with E-state index < -0.39 is 0 Å². The lowest BCUT2D eigenvalue weighted by atomic mass is 9.88. The molecule has 0 bridgehead atoms. The van der Waals surface area contributed by atoms with E-state index in [0.29, 0.717) is 11.9 Å². The molecule has 37 heavy (non-hydrogen) atoms. The van der Waals surface area contributed by atoms with Crippen molar-refractivity contribution >= 4 is 51.5 Å². The van der Waals surface area contributed by atoms with Crippen molar-refractivity contribution in [3.63, 3.8) is 0 Å². The Morgan fingerprint density at radius 2 is 1.46 bits per heavy atom. The van der Waals surface area contributed by atoms with Crippen molar-refractivity contribution in [3.8, 4) is 17.2 Å². The van der Waals surface area contributed by atoms with E-state index in [1.54, 1.807) is 0 Å². The van der Waals surface area contributed by atoms with Crippen LogP contribution in [0, 0.1) is 5.92 Å². The Labute approximate surface area is 217 Å². The number of nitrogens with zero attached hydrogens (tertiary/aromatic N) is 3. The molecular weight excluding hydrogens is 449 g/mol.